The van der Waals surface area contributed by atoms with E-state index >= 15 is 0 Å². The third kappa shape index (κ3) is 3.66. The average Bonchev–Trinajstić information content (AvgIpc) is 2.59. The maximum absolute atomic E-state index is 14.0. The van der Waals surface area contributed by atoms with Crippen LogP contribution in [0.1, 0.15) is 25.0 Å². The number of rotatable bonds is 5. The number of fused-ring (bicyclic) bond motifs is 1. The first-order valence-corrected chi connectivity index (χ1v) is 8.71. The standard InChI is InChI=1S/C20H18FNO2S/c1-20(2,19(23)24)25-18-9-10-22-12-14(18)11-13-7-8-17(21)16-6-4-3-5-15(13)16/h3-10,12H,11H2,1-2H3,(H,23,24). The zero-order valence-electron chi connectivity index (χ0n) is 14.0. The molecule has 0 saturated carbocycles. The minimum absolute atomic E-state index is 0.243. The van der Waals surface area contributed by atoms with Gasteiger partial charge in [0.05, 0.1) is 0 Å². The molecule has 0 saturated heterocycles. The summed E-state index contributed by atoms with van der Waals surface area (Å²) >= 11 is 1.29. The highest BCUT2D eigenvalue weighted by atomic mass is 32.2. The maximum Gasteiger partial charge on any atom is 0.319 e. The predicted molar refractivity (Wildman–Crippen MR) is 98.5 cm³/mol. The van der Waals surface area contributed by atoms with Crippen LogP contribution < -0.4 is 0 Å². The van der Waals surface area contributed by atoms with Gasteiger partial charge in [0.15, 0.2) is 0 Å². The summed E-state index contributed by atoms with van der Waals surface area (Å²) in [6.07, 6.45) is 3.97. The lowest BCUT2D eigenvalue weighted by molar-refractivity contribution is -0.138. The Morgan fingerprint density at radius 3 is 2.56 bits per heavy atom. The minimum Gasteiger partial charge on any atom is -0.480 e. The van der Waals surface area contributed by atoms with E-state index in [9.17, 15) is 14.3 Å². The highest BCUT2D eigenvalue weighted by Crippen LogP contribution is 2.36. The predicted octanol–water partition coefficient (Wildman–Crippen LogP) is 4.92. The zero-order chi connectivity index (χ0) is 18.0. The Kier molecular flexibility index (Phi) is 4.77. The fourth-order valence-corrected chi connectivity index (χ4v) is 3.67. The van der Waals surface area contributed by atoms with Gasteiger partial charge >= 0.3 is 5.97 Å². The van der Waals surface area contributed by atoms with Crippen molar-refractivity contribution in [3.8, 4) is 0 Å². The summed E-state index contributed by atoms with van der Waals surface area (Å²) in [4.78, 5) is 16.5. The average molecular weight is 355 g/mol. The van der Waals surface area contributed by atoms with Crippen LogP contribution in [-0.4, -0.2) is 20.8 Å². The Morgan fingerprint density at radius 2 is 1.84 bits per heavy atom. The van der Waals surface area contributed by atoms with E-state index in [-0.39, 0.29) is 5.82 Å². The molecule has 0 aliphatic heterocycles. The number of thioether (sulfide) groups is 1. The fraction of sp³-hybridized carbons (Fsp3) is 0.200. The Labute approximate surface area is 149 Å². The topological polar surface area (TPSA) is 50.2 Å². The molecule has 0 fully saturated rings. The van der Waals surface area contributed by atoms with E-state index in [0.29, 0.717) is 11.8 Å². The van der Waals surface area contributed by atoms with Crippen LogP contribution >= 0.6 is 11.8 Å². The van der Waals surface area contributed by atoms with Gasteiger partial charge in [-0.15, -0.1) is 11.8 Å². The molecule has 0 aliphatic carbocycles. The molecule has 5 heteroatoms. The molecule has 3 nitrogen and oxygen atoms in total. The molecule has 0 bridgehead atoms. The number of carboxylic acids is 1. The van der Waals surface area contributed by atoms with Gasteiger partial charge in [0.1, 0.15) is 10.6 Å². The van der Waals surface area contributed by atoms with Crippen molar-refractivity contribution in [3.63, 3.8) is 0 Å². The van der Waals surface area contributed by atoms with Crippen molar-refractivity contribution < 1.29 is 14.3 Å². The van der Waals surface area contributed by atoms with E-state index < -0.39 is 10.7 Å². The molecule has 1 heterocycles. The summed E-state index contributed by atoms with van der Waals surface area (Å²) in [6, 6.07) is 12.5. The molecule has 1 aromatic heterocycles. The number of aliphatic carboxylic acids is 1. The van der Waals surface area contributed by atoms with Gasteiger partial charge in [-0.2, -0.15) is 0 Å². The lowest BCUT2D eigenvalue weighted by atomic mass is 9.99. The Morgan fingerprint density at radius 1 is 1.12 bits per heavy atom. The van der Waals surface area contributed by atoms with Crippen LogP contribution in [0.25, 0.3) is 10.8 Å². The van der Waals surface area contributed by atoms with Crippen LogP contribution in [0.5, 0.6) is 0 Å². The summed E-state index contributed by atoms with van der Waals surface area (Å²) in [5, 5.41) is 10.8. The van der Waals surface area contributed by atoms with E-state index in [1.807, 2.05) is 24.3 Å². The molecule has 0 unspecified atom stereocenters. The van der Waals surface area contributed by atoms with E-state index in [1.165, 1.54) is 17.8 Å². The Balaban J connectivity index is 2.00. The van der Waals surface area contributed by atoms with Gasteiger partial charge < -0.3 is 5.11 Å². The van der Waals surface area contributed by atoms with Crippen LogP contribution in [0.2, 0.25) is 0 Å². The molecule has 0 amide bonds. The van der Waals surface area contributed by atoms with Crippen LogP contribution in [0.4, 0.5) is 4.39 Å². The molecule has 0 atom stereocenters. The largest absolute Gasteiger partial charge is 0.480 e. The quantitative estimate of drug-likeness (QED) is 0.660. The molecule has 0 radical (unpaired) electrons. The molecule has 1 N–H and O–H groups in total. The first kappa shape index (κ1) is 17.4. The highest BCUT2D eigenvalue weighted by molar-refractivity contribution is 8.01. The summed E-state index contributed by atoms with van der Waals surface area (Å²) in [5.74, 6) is -1.11. The molecule has 2 aromatic carbocycles. The molecular weight excluding hydrogens is 337 g/mol. The van der Waals surface area contributed by atoms with Crippen molar-refractivity contribution in [2.24, 2.45) is 0 Å². The number of halogens is 1. The summed E-state index contributed by atoms with van der Waals surface area (Å²) in [7, 11) is 0. The molecule has 3 rings (SSSR count). The number of hydrogen-bond acceptors (Lipinski definition) is 3. The first-order chi connectivity index (χ1) is 11.9. The lowest BCUT2D eigenvalue weighted by Gasteiger charge is -2.20. The van der Waals surface area contributed by atoms with E-state index in [0.717, 1.165) is 21.4 Å². The Hall–Kier alpha value is -2.40. The van der Waals surface area contributed by atoms with Crippen LogP contribution in [-0.2, 0) is 11.2 Å². The number of benzene rings is 2. The monoisotopic (exact) mass is 355 g/mol. The van der Waals surface area contributed by atoms with Crippen LogP contribution in [0.15, 0.2) is 59.8 Å². The van der Waals surface area contributed by atoms with Gasteiger partial charge in [0.2, 0.25) is 0 Å². The molecular formula is C20H18FNO2S. The third-order valence-electron chi connectivity index (χ3n) is 4.08. The number of carboxylic acid groups (broad SMARTS) is 1. The maximum atomic E-state index is 14.0. The summed E-state index contributed by atoms with van der Waals surface area (Å²) < 4.78 is 13.1. The smallest absolute Gasteiger partial charge is 0.319 e. The molecule has 128 valence electrons. The van der Waals surface area contributed by atoms with Crippen molar-refractivity contribution in [3.05, 3.63) is 71.8 Å². The first-order valence-electron chi connectivity index (χ1n) is 7.90. The minimum atomic E-state index is -0.943. The highest BCUT2D eigenvalue weighted by Gasteiger charge is 2.29. The second kappa shape index (κ2) is 6.84. The molecule has 0 spiro atoms. The van der Waals surface area contributed by atoms with E-state index in [2.05, 4.69) is 4.98 Å². The van der Waals surface area contributed by atoms with Gasteiger partial charge in [-0.1, -0.05) is 30.3 Å². The number of pyridine rings is 1. The van der Waals surface area contributed by atoms with Gasteiger partial charge in [-0.3, -0.25) is 9.78 Å². The van der Waals surface area contributed by atoms with Gasteiger partial charge in [0, 0.05) is 29.1 Å². The van der Waals surface area contributed by atoms with Gasteiger partial charge in [0.25, 0.3) is 0 Å². The number of carbonyl (C=O) groups is 1. The van der Waals surface area contributed by atoms with Crippen LogP contribution in [0, 0.1) is 5.82 Å². The molecule has 25 heavy (non-hydrogen) atoms. The summed E-state index contributed by atoms with van der Waals surface area (Å²) in [5.41, 5.74) is 1.92. The number of hydrogen-bond donors (Lipinski definition) is 1. The van der Waals surface area contributed by atoms with E-state index in [4.69, 9.17) is 0 Å². The normalized spacial score (nSPS) is 11.6. The fourth-order valence-electron chi connectivity index (χ4n) is 2.65. The lowest BCUT2D eigenvalue weighted by Crippen LogP contribution is -2.27. The molecule has 0 aliphatic rings. The molecule has 3 aromatic rings. The third-order valence-corrected chi connectivity index (χ3v) is 5.38. The van der Waals surface area contributed by atoms with Crippen LogP contribution in [0.3, 0.4) is 0 Å². The number of aromatic nitrogens is 1. The van der Waals surface area contributed by atoms with Crippen molar-refractivity contribution in [1.82, 2.24) is 4.98 Å². The van der Waals surface area contributed by atoms with Crippen molar-refractivity contribution in [2.45, 2.75) is 29.9 Å². The van der Waals surface area contributed by atoms with Gasteiger partial charge in [-0.05, 0) is 42.5 Å². The van der Waals surface area contributed by atoms with Crippen molar-refractivity contribution in [2.75, 3.05) is 0 Å². The van der Waals surface area contributed by atoms with Crippen molar-refractivity contribution in [1.29, 1.82) is 0 Å². The summed E-state index contributed by atoms with van der Waals surface area (Å²) in [6.45, 7) is 3.36. The second-order valence-electron chi connectivity index (χ2n) is 6.33. The van der Waals surface area contributed by atoms with Gasteiger partial charge in [-0.25, -0.2) is 4.39 Å². The Bertz CT molecular complexity index is 940. The van der Waals surface area contributed by atoms with Crippen molar-refractivity contribution >= 4 is 28.5 Å². The SMILES string of the molecule is CC(C)(Sc1ccncc1Cc1ccc(F)c2ccccc12)C(=O)O. The van der Waals surface area contributed by atoms with E-state index in [1.54, 1.807) is 38.4 Å². The number of nitrogens with zero attached hydrogens (tertiary/aromatic N) is 1. The zero-order valence-corrected chi connectivity index (χ0v) is 14.8. The second-order valence-corrected chi connectivity index (χ2v) is 7.99.